The van der Waals surface area contributed by atoms with Crippen molar-refractivity contribution >= 4 is 16.6 Å². The van der Waals surface area contributed by atoms with Crippen LogP contribution in [0.4, 0.5) is 0 Å². The van der Waals surface area contributed by atoms with Crippen LogP contribution in [0.1, 0.15) is 44.1 Å². The summed E-state index contributed by atoms with van der Waals surface area (Å²) in [5, 5.41) is 12.2. The number of hydrogen-bond donors (Lipinski definition) is 1. The van der Waals surface area contributed by atoms with Gasteiger partial charge >= 0.3 is 0 Å². The van der Waals surface area contributed by atoms with Crippen molar-refractivity contribution in [1.82, 2.24) is 0 Å². The maximum Gasteiger partial charge on any atom is 0.166 e. The molecule has 0 spiro atoms. The van der Waals surface area contributed by atoms with E-state index in [1.54, 1.807) is 0 Å². The Hall–Kier alpha value is -2.65. The van der Waals surface area contributed by atoms with Gasteiger partial charge in [0.2, 0.25) is 0 Å². The lowest BCUT2D eigenvalue weighted by atomic mass is 9.64. The number of carbonyl (C=O) groups excluding carboxylic acids is 1. The molecule has 1 N–H and O–H groups in total. The summed E-state index contributed by atoms with van der Waals surface area (Å²) >= 11 is 0. The van der Waals surface area contributed by atoms with Crippen molar-refractivity contribution in [2.45, 2.75) is 44.6 Å². The highest BCUT2D eigenvalue weighted by Gasteiger charge is 2.53. The number of aliphatic hydroxyl groups is 1. The van der Waals surface area contributed by atoms with Crippen LogP contribution in [-0.2, 0) is 9.53 Å². The van der Waals surface area contributed by atoms with E-state index in [0.717, 1.165) is 29.7 Å². The molecule has 1 unspecified atom stereocenters. The zero-order valence-electron chi connectivity index (χ0n) is 17.9. The van der Waals surface area contributed by atoms with E-state index in [0.29, 0.717) is 24.7 Å². The number of fused-ring (bicyclic) bond motifs is 4. The van der Waals surface area contributed by atoms with E-state index in [9.17, 15) is 9.90 Å². The molecule has 31 heavy (non-hydrogen) atoms. The van der Waals surface area contributed by atoms with Gasteiger partial charge in [-0.05, 0) is 58.1 Å². The lowest BCUT2D eigenvalue weighted by Crippen LogP contribution is -2.41. The fraction of sp³-hybridized carbons (Fsp3) is 0.393. The van der Waals surface area contributed by atoms with Crippen LogP contribution in [0, 0.1) is 17.3 Å². The van der Waals surface area contributed by atoms with Gasteiger partial charge in [0.05, 0.1) is 5.57 Å². The second-order valence-electron chi connectivity index (χ2n) is 9.94. The molecule has 1 heterocycles. The number of allylic oxidation sites excluding steroid dienone is 4. The molecular weight excluding hydrogens is 384 g/mol. The number of ether oxygens (including phenoxy) is 1. The monoisotopic (exact) mass is 412 g/mol. The third kappa shape index (κ3) is 2.86. The van der Waals surface area contributed by atoms with Crippen molar-refractivity contribution in [3.63, 3.8) is 0 Å². The van der Waals surface area contributed by atoms with E-state index in [-0.39, 0.29) is 29.8 Å². The van der Waals surface area contributed by atoms with E-state index in [2.05, 4.69) is 67.6 Å². The van der Waals surface area contributed by atoms with Crippen molar-refractivity contribution in [3.8, 4) is 0 Å². The predicted molar refractivity (Wildman–Crippen MR) is 121 cm³/mol. The van der Waals surface area contributed by atoms with Gasteiger partial charge in [0, 0.05) is 25.4 Å². The molecule has 0 amide bonds. The Kier molecular flexibility index (Phi) is 4.26. The van der Waals surface area contributed by atoms with Crippen LogP contribution >= 0.6 is 0 Å². The molecule has 6 rings (SSSR count). The van der Waals surface area contributed by atoms with Gasteiger partial charge in [-0.25, -0.2) is 0 Å². The van der Waals surface area contributed by atoms with Gasteiger partial charge in [0.15, 0.2) is 5.78 Å². The molecule has 3 aliphatic carbocycles. The molecule has 1 fully saturated rings. The fourth-order valence-electron chi connectivity index (χ4n) is 6.47. The van der Waals surface area contributed by atoms with E-state index in [1.165, 1.54) is 16.3 Å². The van der Waals surface area contributed by atoms with Gasteiger partial charge in [-0.2, -0.15) is 0 Å². The van der Waals surface area contributed by atoms with Gasteiger partial charge in [0.25, 0.3) is 0 Å². The van der Waals surface area contributed by atoms with E-state index in [4.69, 9.17) is 4.74 Å². The largest absolute Gasteiger partial charge is 0.489 e. The first-order valence-electron chi connectivity index (χ1n) is 11.5. The summed E-state index contributed by atoms with van der Waals surface area (Å²) in [6.45, 7) is 2.42. The molecule has 5 atom stereocenters. The third-order valence-electron chi connectivity index (χ3n) is 8.21. The standard InChI is InChI=1S/C28H28O3/c1-28-11-10-21-15-22-25(30)12-17(16-29)13-26(22)31-27(21)24(28)9-8-23(28)20-7-6-18-4-2-3-5-19(18)14-20/h2-7,10-11,14-15,17,23-24,27,29H,8-9,12-13,16H2,1H3/t17?,23-,24+,27-,28-/m1/s1. The number of benzene rings is 2. The Morgan fingerprint density at radius 3 is 2.77 bits per heavy atom. The molecule has 0 aromatic heterocycles. The van der Waals surface area contributed by atoms with Crippen LogP contribution in [0.2, 0.25) is 0 Å². The molecule has 0 radical (unpaired) electrons. The van der Waals surface area contributed by atoms with Gasteiger partial charge in [0.1, 0.15) is 11.9 Å². The number of Topliss-reactive ketones (excluding diaryl/α,β-unsaturated/α-hetero) is 1. The zero-order valence-corrected chi connectivity index (χ0v) is 17.9. The Labute approximate surface area is 183 Å². The number of hydrogen-bond acceptors (Lipinski definition) is 3. The highest BCUT2D eigenvalue weighted by atomic mass is 16.5. The molecule has 3 nitrogen and oxygen atoms in total. The van der Waals surface area contributed by atoms with Crippen LogP contribution in [0.3, 0.4) is 0 Å². The number of rotatable bonds is 2. The smallest absolute Gasteiger partial charge is 0.166 e. The Morgan fingerprint density at radius 2 is 1.94 bits per heavy atom. The minimum atomic E-state index is -0.0133. The van der Waals surface area contributed by atoms with Crippen molar-refractivity contribution < 1.29 is 14.6 Å². The first kappa shape index (κ1) is 19.1. The highest BCUT2D eigenvalue weighted by molar-refractivity contribution is 6.00. The third-order valence-corrected chi connectivity index (χ3v) is 8.21. The minimum absolute atomic E-state index is 0.00412. The molecule has 2 aromatic carbocycles. The van der Waals surface area contributed by atoms with Crippen molar-refractivity contribution in [2.75, 3.05) is 6.61 Å². The van der Waals surface area contributed by atoms with E-state index in [1.807, 2.05) is 0 Å². The molecule has 158 valence electrons. The Morgan fingerprint density at radius 1 is 1.10 bits per heavy atom. The van der Waals surface area contributed by atoms with Crippen molar-refractivity contribution in [3.05, 3.63) is 83.2 Å². The average molecular weight is 413 g/mol. The van der Waals surface area contributed by atoms with Gasteiger partial charge in [-0.1, -0.05) is 61.5 Å². The average Bonchev–Trinajstić information content (AvgIpc) is 3.15. The Balaban J connectivity index is 1.35. The number of carbonyl (C=O) groups is 1. The summed E-state index contributed by atoms with van der Waals surface area (Å²) in [6, 6.07) is 15.5. The van der Waals surface area contributed by atoms with Gasteiger partial charge < -0.3 is 9.84 Å². The summed E-state index contributed by atoms with van der Waals surface area (Å²) in [5.74, 6) is 1.74. The number of aliphatic hydroxyl groups excluding tert-OH is 1. The first-order chi connectivity index (χ1) is 15.1. The summed E-state index contributed by atoms with van der Waals surface area (Å²) in [7, 11) is 0. The second-order valence-corrected chi connectivity index (χ2v) is 9.94. The van der Waals surface area contributed by atoms with Crippen LogP contribution in [0.5, 0.6) is 0 Å². The quantitative estimate of drug-likeness (QED) is 0.712. The maximum absolute atomic E-state index is 12.6. The molecule has 1 saturated carbocycles. The van der Waals surface area contributed by atoms with Gasteiger partial charge in [-0.3, -0.25) is 4.79 Å². The Bertz CT molecular complexity index is 1170. The second kappa shape index (κ2) is 6.93. The maximum atomic E-state index is 12.6. The lowest BCUT2D eigenvalue weighted by molar-refractivity contribution is -0.118. The SMILES string of the molecule is C[C@]12C=CC3=CC4=C(CC(CO)CC4=O)O[C@H]3[C@@H]1CC[C@@H]2c1ccc2ccccc2c1. The zero-order chi connectivity index (χ0) is 21.2. The predicted octanol–water partition coefficient (Wildman–Crippen LogP) is 5.46. The first-order valence-corrected chi connectivity index (χ1v) is 11.5. The van der Waals surface area contributed by atoms with E-state index >= 15 is 0 Å². The van der Waals surface area contributed by atoms with Crippen LogP contribution < -0.4 is 0 Å². The molecule has 0 bridgehead atoms. The highest BCUT2D eigenvalue weighted by Crippen LogP contribution is 2.59. The normalized spacial score (nSPS) is 34.1. The van der Waals surface area contributed by atoms with Crippen LogP contribution in [0.25, 0.3) is 10.8 Å². The summed E-state index contributed by atoms with van der Waals surface area (Å²) in [6.07, 6.45) is 9.99. The molecular formula is C28H28O3. The minimum Gasteiger partial charge on any atom is -0.489 e. The summed E-state index contributed by atoms with van der Waals surface area (Å²) in [5.41, 5.74) is 3.30. The molecule has 3 heteroatoms. The molecule has 0 saturated heterocycles. The fourth-order valence-corrected chi connectivity index (χ4v) is 6.47. The lowest BCUT2D eigenvalue weighted by Gasteiger charge is -2.45. The summed E-state index contributed by atoms with van der Waals surface area (Å²) in [4.78, 5) is 12.6. The van der Waals surface area contributed by atoms with Crippen LogP contribution in [-0.4, -0.2) is 23.6 Å². The van der Waals surface area contributed by atoms with Gasteiger partial charge in [-0.15, -0.1) is 0 Å². The van der Waals surface area contributed by atoms with E-state index < -0.39 is 0 Å². The topological polar surface area (TPSA) is 46.5 Å². The number of ketones is 1. The molecule has 2 aromatic rings. The van der Waals surface area contributed by atoms with Crippen molar-refractivity contribution in [1.29, 1.82) is 0 Å². The molecule has 1 aliphatic heterocycles. The summed E-state index contributed by atoms with van der Waals surface area (Å²) < 4.78 is 6.56. The molecule has 4 aliphatic rings. The van der Waals surface area contributed by atoms with Crippen LogP contribution in [0.15, 0.2) is 77.6 Å². The van der Waals surface area contributed by atoms with Crippen molar-refractivity contribution in [2.24, 2.45) is 17.3 Å².